The SMILES string of the molecule is CCCNc1ncc(F)cc1C(=O)N1CCOCC1C. The summed E-state index contributed by atoms with van der Waals surface area (Å²) in [5.74, 6) is -0.264. The van der Waals surface area contributed by atoms with Crippen molar-refractivity contribution < 1.29 is 13.9 Å². The summed E-state index contributed by atoms with van der Waals surface area (Å²) in [6.45, 7) is 6.16. The molecule has 1 aliphatic heterocycles. The van der Waals surface area contributed by atoms with Gasteiger partial charge in [-0.05, 0) is 19.4 Å². The van der Waals surface area contributed by atoms with Gasteiger partial charge in [-0.2, -0.15) is 0 Å². The number of carbonyl (C=O) groups excluding carboxylic acids is 1. The van der Waals surface area contributed by atoms with Gasteiger partial charge in [0.1, 0.15) is 11.6 Å². The predicted octanol–water partition coefficient (Wildman–Crippen LogP) is 1.90. The number of hydrogen-bond donors (Lipinski definition) is 1. The number of halogens is 1. The minimum absolute atomic E-state index is 0.0152. The van der Waals surface area contributed by atoms with Crippen molar-refractivity contribution >= 4 is 11.7 Å². The molecule has 1 aromatic heterocycles. The molecule has 2 rings (SSSR count). The van der Waals surface area contributed by atoms with E-state index < -0.39 is 5.82 Å². The maximum atomic E-state index is 13.4. The summed E-state index contributed by atoms with van der Waals surface area (Å²) in [6, 6.07) is 1.23. The lowest BCUT2D eigenvalue weighted by Crippen LogP contribution is -2.47. The van der Waals surface area contributed by atoms with Crippen LogP contribution < -0.4 is 5.32 Å². The van der Waals surface area contributed by atoms with Crippen LogP contribution in [0.2, 0.25) is 0 Å². The van der Waals surface area contributed by atoms with E-state index in [0.717, 1.165) is 12.6 Å². The average Bonchev–Trinajstić information content (AvgIpc) is 2.46. The third kappa shape index (κ3) is 3.25. The lowest BCUT2D eigenvalue weighted by atomic mass is 10.1. The summed E-state index contributed by atoms with van der Waals surface area (Å²) in [5.41, 5.74) is 0.284. The van der Waals surface area contributed by atoms with Crippen LogP contribution in [0.25, 0.3) is 0 Å². The molecule has 0 saturated carbocycles. The van der Waals surface area contributed by atoms with E-state index in [1.807, 2.05) is 13.8 Å². The molecule has 0 spiro atoms. The molecule has 5 nitrogen and oxygen atoms in total. The predicted molar refractivity (Wildman–Crippen MR) is 74.3 cm³/mol. The van der Waals surface area contributed by atoms with Crippen LogP contribution in [0.1, 0.15) is 30.6 Å². The molecule has 0 aliphatic carbocycles. The number of ether oxygens (including phenoxy) is 1. The van der Waals surface area contributed by atoms with E-state index >= 15 is 0 Å². The highest BCUT2D eigenvalue weighted by atomic mass is 19.1. The molecular weight excluding hydrogens is 261 g/mol. The number of amides is 1. The number of aromatic nitrogens is 1. The second-order valence-electron chi connectivity index (χ2n) is 4.90. The normalized spacial score (nSPS) is 18.9. The Kier molecular flexibility index (Phi) is 4.89. The van der Waals surface area contributed by atoms with Crippen molar-refractivity contribution in [2.45, 2.75) is 26.3 Å². The quantitative estimate of drug-likeness (QED) is 0.916. The molecule has 1 aromatic rings. The Morgan fingerprint density at radius 1 is 1.65 bits per heavy atom. The molecule has 1 N–H and O–H groups in total. The van der Waals surface area contributed by atoms with Gasteiger partial charge < -0.3 is 15.0 Å². The molecule has 110 valence electrons. The van der Waals surface area contributed by atoms with Crippen molar-refractivity contribution in [3.8, 4) is 0 Å². The summed E-state index contributed by atoms with van der Waals surface area (Å²) in [6.07, 6.45) is 2.03. The lowest BCUT2D eigenvalue weighted by Gasteiger charge is -2.33. The summed E-state index contributed by atoms with van der Waals surface area (Å²) < 4.78 is 18.7. The average molecular weight is 281 g/mol. The Morgan fingerprint density at radius 2 is 2.45 bits per heavy atom. The Labute approximate surface area is 118 Å². The van der Waals surface area contributed by atoms with Gasteiger partial charge >= 0.3 is 0 Å². The molecule has 1 fully saturated rings. The molecule has 6 heteroatoms. The van der Waals surface area contributed by atoms with E-state index in [9.17, 15) is 9.18 Å². The fourth-order valence-electron chi connectivity index (χ4n) is 2.17. The Balaban J connectivity index is 2.24. The van der Waals surface area contributed by atoms with Gasteiger partial charge in [0, 0.05) is 13.1 Å². The van der Waals surface area contributed by atoms with Crippen LogP contribution >= 0.6 is 0 Å². The fraction of sp³-hybridized carbons (Fsp3) is 0.571. The van der Waals surface area contributed by atoms with Crippen molar-refractivity contribution in [2.24, 2.45) is 0 Å². The van der Waals surface area contributed by atoms with Crippen LogP contribution in [0.3, 0.4) is 0 Å². The van der Waals surface area contributed by atoms with Crippen molar-refractivity contribution in [3.05, 3.63) is 23.6 Å². The van der Waals surface area contributed by atoms with Crippen LogP contribution in [0.15, 0.2) is 12.3 Å². The Bertz CT molecular complexity index is 481. The van der Waals surface area contributed by atoms with Gasteiger partial charge in [0.2, 0.25) is 0 Å². The van der Waals surface area contributed by atoms with E-state index in [2.05, 4.69) is 10.3 Å². The second kappa shape index (κ2) is 6.65. The molecule has 20 heavy (non-hydrogen) atoms. The van der Waals surface area contributed by atoms with Crippen LogP contribution in [0.5, 0.6) is 0 Å². The fourth-order valence-corrected chi connectivity index (χ4v) is 2.17. The van der Waals surface area contributed by atoms with Crippen LogP contribution in [0, 0.1) is 5.82 Å². The third-order valence-corrected chi connectivity index (χ3v) is 3.26. The molecule has 1 aliphatic rings. The summed E-state index contributed by atoms with van der Waals surface area (Å²) in [4.78, 5) is 18.3. The van der Waals surface area contributed by atoms with Gasteiger partial charge in [-0.1, -0.05) is 6.92 Å². The largest absolute Gasteiger partial charge is 0.377 e. The molecule has 1 atom stereocenters. The Morgan fingerprint density at radius 3 is 3.15 bits per heavy atom. The lowest BCUT2D eigenvalue weighted by molar-refractivity contribution is 0.00360. The van der Waals surface area contributed by atoms with Crippen molar-refractivity contribution in [2.75, 3.05) is 31.6 Å². The summed E-state index contributed by atoms with van der Waals surface area (Å²) in [5, 5.41) is 3.07. The first-order valence-corrected chi connectivity index (χ1v) is 6.91. The first kappa shape index (κ1) is 14.7. The zero-order valence-corrected chi connectivity index (χ0v) is 11.9. The van der Waals surface area contributed by atoms with Crippen molar-refractivity contribution in [3.63, 3.8) is 0 Å². The minimum atomic E-state index is -0.503. The van der Waals surface area contributed by atoms with Gasteiger partial charge in [0.25, 0.3) is 5.91 Å². The second-order valence-corrected chi connectivity index (χ2v) is 4.90. The molecule has 2 heterocycles. The van der Waals surface area contributed by atoms with E-state index in [1.54, 1.807) is 4.90 Å². The number of rotatable bonds is 4. The highest BCUT2D eigenvalue weighted by Crippen LogP contribution is 2.19. The number of hydrogen-bond acceptors (Lipinski definition) is 4. The van der Waals surface area contributed by atoms with Crippen molar-refractivity contribution in [1.29, 1.82) is 0 Å². The Hall–Kier alpha value is -1.69. The standard InChI is InChI=1S/C14H20FN3O2/c1-3-4-16-13-12(7-11(15)8-17-13)14(19)18-5-6-20-9-10(18)2/h7-8,10H,3-6,9H2,1-2H3,(H,16,17). The number of pyridine rings is 1. The maximum absolute atomic E-state index is 13.4. The number of nitrogens with one attached hydrogen (secondary N) is 1. The van der Waals surface area contributed by atoms with E-state index in [-0.39, 0.29) is 17.5 Å². The minimum Gasteiger partial charge on any atom is -0.377 e. The van der Waals surface area contributed by atoms with Crippen LogP contribution in [0.4, 0.5) is 10.2 Å². The first-order valence-electron chi connectivity index (χ1n) is 6.91. The van der Waals surface area contributed by atoms with Gasteiger partial charge in [0.15, 0.2) is 0 Å². The highest BCUT2D eigenvalue weighted by Gasteiger charge is 2.27. The van der Waals surface area contributed by atoms with E-state index in [4.69, 9.17) is 4.74 Å². The zero-order chi connectivity index (χ0) is 14.5. The first-order chi connectivity index (χ1) is 9.63. The molecule has 0 bridgehead atoms. The van der Waals surface area contributed by atoms with Crippen LogP contribution in [-0.2, 0) is 4.74 Å². The van der Waals surface area contributed by atoms with Crippen molar-refractivity contribution in [1.82, 2.24) is 9.88 Å². The van der Waals surface area contributed by atoms with Crippen LogP contribution in [-0.4, -0.2) is 48.1 Å². The smallest absolute Gasteiger partial charge is 0.258 e. The number of nitrogens with zero attached hydrogens (tertiary/aromatic N) is 2. The van der Waals surface area contributed by atoms with E-state index in [1.165, 1.54) is 6.07 Å². The molecule has 1 unspecified atom stereocenters. The molecule has 0 radical (unpaired) electrons. The maximum Gasteiger partial charge on any atom is 0.258 e. The third-order valence-electron chi connectivity index (χ3n) is 3.26. The summed E-state index contributed by atoms with van der Waals surface area (Å²) in [7, 11) is 0. The number of anilines is 1. The number of morpholine rings is 1. The van der Waals surface area contributed by atoms with Gasteiger partial charge in [0.05, 0.1) is 31.0 Å². The topological polar surface area (TPSA) is 54.5 Å². The monoisotopic (exact) mass is 281 g/mol. The summed E-state index contributed by atoms with van der Waals surface area (Å²) >= 11 is 0. The van der Waals surface area contributed by atoms with Gasteiger partial charge in [-0.25, -0.2) is 9.37 Å². The van der Waals surface area contributed by atoms with E-state index in [0.29, 0.717) is 32.1 Å². The molecule has 0 aromatic carbocycles. The zero-order valence-electron chi connectivity index (χ0n) is 11.9. The molecule has 1 saturated heterocycles. The van der Waals surface area contributed by atoms with Gasteiger partial charge in [-0.3, -0.25) is 4.79 Å². The highest BCUT2D eigenvalue weighted by molar-refractivity contribution is 5.99. The van der Waals surface area contributed by atoms with Gasteiger partial charge in [-0.15, -0.1) is 0 Å². The number of carbonyl (C=O) groups is 1. The molecular formula is C14H20FN3O2. The molecule has 1 amide bonds.